The van der Waals surface area contributed by atoms with Crippen LogP contribution in [0.3, 0.4) is 0 Å². The zero-order chi connectivity index (χ0) is 7.90. The number of ether oxygens (including phenoxy) is 2. The van der Waals surface area contributed by atoms with Gasteiger partial charge >= 0.3 is 5.97 Å². The smallest absolute Gasteiger partial charge is 0.331 e. The van der Waals surface area contributed by atoms with Crippen LogP contribution in [0.5, 0.6) is 0 Å². The third kappa shape index (κ3) is 0.868. The number of hydrogen-bond donors (Lipinski definition) is 1. The molecule has 0 aromatic rings. The molecule has 0 aliphatic carbocycles. The van der Waals surface area contributed by atoms with Gasteiger partial charge in [0.25, 0.3) is 0 Å². The first kappa shape index (κ1) is 6.82. The Morgan fingerprint density at radius 1 is 1.64 bits per heavy atom. The SMILES string of the molecule is O=C1C=C[C@H](O)C2(COC2)O1. The number of esters is 1. The Morgan fingerprint density at radius 3 is 2.82 bits per heavy atom. The Morgan fingerprint density at radius 2 is 2.36 bits per heavy atom. The summed E-state index contributed by atoms with van der Waals surface area (Å²) in [6, 6.07) is 0. The van der Waals surface area contributed by atoms with E-state index in [-0.39, 0.29) is 0 Å². The zero-order valence-electron chi connectivity index (χ0n) is 5.82. The molecule has 1 N–H and O–H groups in total. The minimum Gasteiger partial charge on any atom is -0.448 e. The van der Waals surface area contributed by atoms with Crippen LogP contribution in [-0.2, 0) is 14.3 Å². The number of aliphatic hydroxyl groups excluding tert-OH is 1. The van der Waals surface area contributed by atoms with Crippen molar-refractivity contribution in [2.24, 2.45) is 0 Å². The first-order chi connectivity index (χ1) is 5.23. The lowest BCUT2D eigenvalue weighted by molar-refractivity contribution is -0.237. The molecular formula is C7H8O4. The minimum atomic E-state index is -0.772. The van der Waals surface area contributed by atoms with Crippen molar-refractivity contribution in [2.75, 3.05) is 13.2 Å². The van der Waals surface area contributed by atoms with Gasteiger partial charge in [-0.1, -0.05) is 0 Å². The van der Waals surface area contributed by atoms with Gasteiger partial charge in [-0.3, -0.25) is 0 Å². The van der Waals surface area contributed by atoms with Crippen LogP contribution < -0.4 is 0 Å². The molecule has 0 saturated carbocycles. The summed E-state index contributed by atoms with van der Waals surface area (Å²) < 4.78 is 9.78. The van der Waals surface area contributed by atoms with Gasteiger partial charge < -0.3 is 14.6 Å². The van der Waals surface area contributed by atoms with E-state index in [4.69, 9.17) is 9.47 Å². The Hall–Kier alpha value is -0.870. The van der Waals surface area contributed by atoms with Gasteiger partial charge in [0.2, 0.25) is 0 Å². The molecule has 1 saturated heterocycles. The highest BCUT2D eigenvalue weighted by molar-refractivity contribution is 5.83. The second kappa shape index (κ2) is 2.06. The number of rotatable bonds is 0. The molecular weight excluding hydrogens is 148 g/mol. The van der Waals surface area contributed by atoms with E-state index in [1.54, 1.807) is 0 Å². The van der Waals surface area contributed by atoms with Crippen LogP contribution in [0.25, 0.3) is 0 Å². The highest BCUT2D eigenvalue weighted by Crippen LogP contribution is 2.29. The van der Waals surface area contributed by atoms with Gasteiger partial charge in [-0.25, -0.2) is 4.79 Å². The van der Waals surface area contributed by atoms with Crippen molar-refractivity contribution in [1.82, 2.24) is 0 Å². The van der Waals surface area contributed by atoms with E-state index < -0.39 is 17.7 Å². The predicted molar refractivity (Wildman–Crippen MR) is 34.8 cm³/mol. The fourth-order valence-electron chi connectivity index (χ4n) is 1.17. The Labute approximate surface area is 63.4 Å². The van der Waals surface area contributed by atoms with Gasteiger partial charge in [0, 0.05) is 6.08 Å². The van der Waals surface area contributed by atoms with Crippen molar-refractivity contribution in [3.63, 3.8) is 0 Å². The molecule has 11 heavy (non-hydrogen) atoms. The molecule has 4 heteroatoms. The summed E-state index contributed by atoms with van der Waals surface area (Å²) in [5.74, 6) is -0.404. The summed E-state index contributed by atoms with van der Waals surface area (Å²) in [7, 11) is 0. The third-order valence-corrected chi connectivity index (χ3v) is 1.95. The Kier molecular flexibility index (Phi) is 1.27. The van der Waals surface area contributed by atoms with Crippen LogP contribution in [0.2, 0.25) is 0 Å². The summed E-state index contributed by atoms with van der Waals surface area (Å²) >= 11 is 0. The first-order valence-electron chi connectivity index (χ1n) is 3.40. The molecule has 2 heterocycles. The molecule has 1 atom stereocenters. The van der Waals surface area contributed by atoms with E-state index in [1.807, 2.05) is 0 Å². The summed E-state index contributed by atoms with van der Waals surface area (Å²) in [6.45, 7) is 0.592. The van der Waals surface area contributed by atoms with Crippen molar-refractivity contribution < 1.29 is 19.4 Å². The molecule has 0 aromatic heterocycles. The summed E-state index contributed by atoms with van der Waals surface area (Å²) in [4.78, 5) is 10.7. The molecule has 0 amide bonds. The average molecular weight is 156 g/mol. The summed E-state index contributed by atoms with van der Waals surface area (Å²) in [5.41, 5.74) is -0.772. The van der Waals surface area contributed by atoms with Crippen molar-refractivity contribution in [2.45, 2.75) is 11.7 Å². The molecule has 1 fully saturated rings. The lowest BCUT2D eigenvalue weighted by atomic mass is 9.92. The maximum absolute atomic E-state index is 10.7. The summed E-state index contributed by atoms with van der Waals surface area (Å²) in [5, 5.41) is 9.35. The topological polar surface area (TPSA) is 55.8 Å². The highest BCUT2D eigenvalue weighted by Gasteiger charge is 2.49. The molecule has 1 spiro atoms. The van der Waals surface area contributed by atoms with E-state index in [1.165, 1.54) is 12.2 Å². The average Bonchev–Trinajstić information content (AvgIpc) is 1.91. The maximum Gasteiger partial charge on any atom is 0.331 e. The lowest BCUT2D eigenvalue weighted by Gasteiger charge is -2.43. The second-order valence-electron chi connectivity index (χ2n) is 2.78. The van der Waals surface area contributed by atoms with E-state index in [2.05, 4.69) is 0 Å². The summed E-state index contributed by atoms with van der Waals surface area (Å²) in [6.07, 6.45) is 1.96. The number of aliphatic hydroxyl groups is 1. The molecule has 2 aliphatic rings. The van der Waals surface area contributed by atoms with E-state index >= 15 is 0 Å². The van der Waals surface area contributed by atoms with Gasteiger partial charge in [0.15, 0.2) is 5.60 Å². The van der Waals surface area contributed by atoms with E-state index in [0.29, 0.717) is 13.2 Å². The standard InChI is InChI=1S/C7H8O4/c8-5-1-2-6(9)11-7(5)3-10-4-7/h1-2,5,8H,3-4H2/t5-/m0/s1. The van der Waals surface area contributed by atoms with Gasteiger partial charge in [-0.15, -0.1) is 0 Å². The second-order valence-corrected chi connectivity index (χ2v) is 2.78. The molecule has 2 aliphatic heterocycles. The molecule has 2 rings (SSSR count). The molecule has 0 unspecified atom stereocenters. The van der Waals surface area contributed by atoms with Crippen LogP contribution in [-0.4, -0.2) is 36.0 Å². The molecule has 60 valence electrons. The minimum absolute atomic E-state index is 0.296. The first-order valence-corrected chi connectivity index (χ1v) is 3.40. The zero-order valence-corrected chi connectivity index (χ0v) is 5.82. The molecule has 4 nitrogen and oxygen atoms in total. The van der Waals surface area contributed by atoms with Crippen LogP contribution in [0, 0.1) is 0 Å². The predicted octanol–water partition coefficient (Wildman–Crippen LogP) is -0.771. The molecule has 0 radical (unpaired) electrons. The molecule has 0 aromatic carbocycles. The van der Waals surface area contributed by atoms with Crippen molar-refractivity contribution in [1.29, 1.82) is 0 Å². The van der Waals surface area contributed by atoms with Crippen LogP contribution in [0.15, 0.2) is 12.2 Å². The quantitative estimate of drug-likeness (QED) is 0.468. The number of carbonyl (C=O) groups excluding carboxylic acids is 1. The van der Waals surface area contributed by atoms with Gasteiger partial charge in [0.05, 0.1) is 13.2 Å². The van der Waals surface area contributed by atoms with Crippen LogP contribution in [0.1, 0.15) is 0 Å². The van der Waals surface area contributed by atoms with Crippen molar-refractivity contribution >= 4 is 5.97 Å². The largest absolute Gasteiger partial charge is 0.448 e. The van der Waals surface area contributed by atoms with Crippen molar-refractivity contribution in [3.8, 4) is 0 Å². The van der Waals surface area contributed by atoms with Crippen molar-refractivity contribution in [3.05, 3.63) is 12.2 Å². The fourth-order valence-corrected chi connectivity index (χ4v) is 1.17. The number of carbonyl (C=O) groups is 1. The van der Waals surface area contributed by atoms with E-state index in [0.717, 1.165) is 0 Å². The van der Waals surface area contributed by atoms with Gasteiger partial charge in [0.1, 0.15) is 6.10 Å². The van der Waals surface area contributed by atoms with Gasteiger partial charge in [-0.2, -0.15) is 0 Å². The monoisotopic (exact) mass is 156 g/mol. The maximum atomic E-state index is 10.7. The van der Waals surface area contributed by atoms with Gasteiger partial charge in [-0.05, 0) is 6.08 Å². The van der Waals surface area contributed by atoms with Crippen LogP contribution in [0.4, 0.5) is 0 Å². The Bertz CT molecular complexity index is 216. The third-order valence-electron chi connectivity index (χ3n) is 1.95. The fraction of sp³-hybridized carbons (Fsp3) is 0.571. The normalized spacial score (nSPS) is 33.2. The lowest BCUT2D eigenvalue weighted by Crippen LogP contribution is -2.61. The number of hydrogen-bond acceptors (Lipinski definition) is 4. The highest BCUT2D eigenvalue weighted by atomic mass is 16.6. The molecule has 0 bridgehead atoms. The van der Waals surface area contributed by atoms with E-state index in [9.17, 15) is 9.90 Å². The Balaban J connectivity index is 2.21. The van der Waals surface area contributed by atoms with Crippen LogP contribution >= 0.6 is 0 Å².